The molecule has 0 saturated carbocycles. The highest BCUT2D eigenvalue weighted by atomic mass is 16.6. The van der Waals surface area contributed by atoms with Crippen LogP contribution in [-0.4, -0.2) is 65.2 Å². The Bertz CT molecular complexity index is 861. The molecule has 0 unspecified atom stereocenters. The van der Waals surface area contributed by atoms with Crippen LogP contribution >= 0.6 is 0 Å². The van der Waals surface area contributed by atoms with Gasteiger partial charge >= 0.3 is 17.9 Å². The Hall–Kier alpha value is -3.34. The normalized spacial score (nSPS) is 13.4. The topological polar surface area (TPSA) is 186 Å². The van der Waals surface area contributed by atoms with E-state index in [4.69, 9.17) is 19.7 Å². The van der Waals surface area contributed by atoms with E-state index in [1.807, 2.05) is 0 Å². The molecule has 0 aliphatic carbocycles. The average Bonchev–Trinajstić information content (AvgIpc) is 2.64. The zero-order valence-electron chi connectivity index (χ0n) is 22.6. The minimum Gasteiger partial charge on any atom is -0.460 e. The second kappa shape index (κ2) is 13.7. The van der Waals surface area contributed by atoms with E-state index < -0.39 is 71.6 Å². The summed E-state index contributed by atoms with van der Waals surface area (Å²) in [5.41, 5.74) is 5.94. The molecule has 0 saturated heterocycles. The van der Waals surface area contributed by atoms with Gasteiger partial charge in [0.05, 0.1) is 6.42 Å². The van der Waals surface area contributed by atoms with E-state index in [0.717, 1.165) is 0 Å². The molecule has 0 aliphatic heterocycles. The maximum absolute atomic E-state index is 13.0. The SMILES string of the molecule is CC(C)(C)OC(=O)CC[C@H](NC(=O)[C@H](CC(=O)OC(C)(C)C)NC(=O)CN=[N+]=[N-])C(=O)OC(C)(C)C. The number of carbonyl (C=O) groups is 5. The van der Waals surface area contributed by atoms with Gasteiger partial charge in [-0.3, -0.25) is 19.2 Å². The number of esters is 3. The fourth-order valence-corrected chi connectivity index (χ4v) is 2.64. The predicted molar refractivity (Wildman–Crippen MR) is 129 cm³/mol. The third-order valence-corrected chi connectivity index (χ3v) is 3.79. The van der Waals surface area contributed by atoms with Crippen molar-refractivity contribution in [3.8, 4) is 0 Å². The molecule has 0 aliphatic rings. The van der Waals surface area contributed by atoms with Gasteiger partial charge in [0, 0.05) is 11.3 Å². The van der Waals surface area contributed by atoms with Crippen LogP contribution in [0.3, 0.4) is 0 Å². The molecule has 13 nitrogen and oxygen atoms in total. The maximum atomic E-state index is 13.0. The lowest BCUT2D eigenvalue weighted by atomic mass is 10.1. The van der Waals surface area contributed by atoms with E-state index in [9.17, 15) is 24.0 Å². The fraction of sp³-hybridized carbons (Fsp3) is 0.783. The number of hydrogen-bond donors (Lipinski definition) is 2. The molecule has 0 spiro atoms. The van der Waals surface area contributed by atoms with Gasteiger partial charge in [-0.25, -0.2) is 4.79 Å². The van der Waals surface area contributed by atoms with Crippen LogP contribution in [0.15, 0.2) is 5.11 Å². The summed E-state index contributed by atoms with van der Waals surface area (Å²) in [6.45, 7) is 14.3. The summed E-state index contributed by atoms with van der Waals surface area (Å²) in [6, 6.07) is -2.73. The molecule has 0 heterocycles. The number of nitrogens with one attached hydrogen (secondary N) is 2. The second-order valence-corrected chi connectivity index (χ2v) is 11.0. The number of ether oxygens (including phenoxy) is 3. The number of hydrogen-bond acceptors (Lipinski definition) is 9. The van der Waals surface area contributed by atoms with E-state index in [-0.39, 0.29) is 12.8 Å². The van der Waals surface area contributed by atoms with Gasteiger partial charge in [-0.05, 0) is 74.3 Å². The Balaban J connectivity index is 5.73. The zero-order chi connectivity index (χ0) is 28.3. The molecule has 2 atom stereocenters. The summed E-state index contributed by atoms with van der Waals surface area (Å²) in [7, 11) is 0. The molecule has 204 valence electrons. The molecular weight excluding hydrogens is 474 g/mol. The Morgan fingerprint density at radius 2 is 1.28 bits per heavy atom. The van der Waals surface area contributed by atoms with Crippen LogP contribution in [-0.2, 0) is 38.2 Å². The van der Waals surface area contributed by atoms with Gasteiger partial charge in [0.25, 0.3) is 0 Å². The standard InChI is InChI=1S/C23H39N5O8/c1-21(2,3)34-17(30)11-10-14(20(33)36-23(7,8)9)27-19(32)15(26-16(29)13-25-28-24)12-18(31)35-22(4,5)6/h14-15H,10-13H2,1-9H3,(H,26,29)(H,27,32)/t14-,15-/m0/s1. The minimum atomic E-state index is -1.45. The molecule has 36 heavy (non-hydrogen) atoms. The minimum absolute atomic E-state index is 0.151. The first-order chi connectivity index (χ1) is 16.2. The van der Waals surface area contributed by atoms with Crippen molar-refractivity contribution >= 4 is 29.7 Å². The van der Waals surface area contributed by atoms with Gasteiger partial charge in [-0.1, -0.05) is 5.11 Å². The number of rotatable bonds is 11. The first-order valence-electron chi connectivity index (χ1n) is 11.5. The summed E-state index contributed by atoms with van der Waals surface area (Å²) in [5, 5.41) is 7.86. The van der Waals surface area contributed by atoms with Gasteiger partial charge < -0.3 is 24.8 Å². The lowest BCUT2D eigenvalue weighted by molar-refractivity contribution is -0.160. The molecular formula is C23H39N5O8. The molecule has 0 radical (unpaired) electrons. The van der Waals surface area contributed by atoms with Gasteiger partial charge in [0.15, 0.2) is 0 Å². The molecule has 13 heteroatoms. The van der Waals surface area contributed by atoms with Crippen LogP contribution in [0.2, 0.25) is 0 Å². The monoisotopic (exact) mass is 513 g/mol. The van der Waals surface area contributed by atoms with Gasteiger partial charge in [0.2, 0.25) is 11.8 Å². The first kappa shape index (κ1) is 32.7. The van der Waals surface area contributed by atoms with E-state index in [1.54, 1.807) is 62.3 Å². The van der Waals surface area contributed by atoms with Crippen LogP contribution in [0.5, 0.6) is 0 Å². The molecule has 2 N–H and O–H groups in total. The van der Waals surface area contributed by atoms with Crippen LogP contribution in [0.1, 0.15) is 81.6 Å². The highest BCUT2D eigenvalue weighted by Gasteiger charge is 2.33. The van der Waals surface area contributed by atoms with Crippen LogP contribution in [0, 0.1) is 0 Å². The van der Waals surface area contributed by atoms with Crippen molar-refractivity contribution in [2.24, 2.45) is 5.11 Å². The highest BCUT2D eigenvalue weighted by molar-refractivity contribution is 5.93. The van der Waals surface area contributed by atoms with E-state index in [0.29, 0.717) is 0 Å². The van der Waals surface area contributed by atoms with E-state index >= 15 is 0 Å². The molecule has 0 fully saturated rings. The predicted octanol–water partition coefficient (Wildman–Crippen LogP) is 2.46. The number of azide groups is 1. The quantitative estimate of drug-likeness (QED) is 0.139. The zero-order valence-corrected chi connectivity index (χ0v) is 22.6. The van der Waals surface area contributed by atoms with Gasteiger partial charge in [0.1, 0.15) is 35.4 Å². The average molecular weight is 514 g/mol. The summed E-state index contributed by atoms with van der Waals surface area (Å²) in [5.74, 6) is -3.89. The lowest BCUT2D eigenvalue weighted by Crippen LogP contribution is -2.53. The van der Waals surface area contributed by atoms with Crippen molar-refractivity contribution in [3.63, 3.8) is 0 Å². The van der Waals surface area contributed by atoms with Crippen molar-refractivity contribution in [1.82, 2.24) is 10.6 Å². The van der Waals surface area contributed by atoms with Gasteiger partial charge in [-0.15, -0.1) is 0 Å². The molecule has 0 rings (SSSR count). The molecule has 0 bridgehead atoms. The second-order valence-electron chi connectivity index (χ2n) is 11.0. The first-order valence-corrected chi connectivity index (χ1v) is 11.5. The number of amides is 2. The Labute approximate surface area is 211 Å². The number of carbonyl (C=O) groups excluding carboxylic acids is 5. The highest BCUT2D eigenvalue weighted by Crippen LogP contribution is 2.15. The summed E-state index contributed by atoms with van der Waals surface area (Å²) < 4.78 is 15.8. The summed E-state index contributed by atoms with van der Waals surface area (Å²) in [4.78, 5) is 64.9. The van der Waals surface area contributed by atoms with E-state index in [2.05, 4.69) is 20.7 Å². The van der Waals surface area contributed by atoms with Crippen LogP contribution < -0.4 is 10.6 Å². The molecule has 0 aromatic carbocycles. The Morgan fingerprint density at radius 1 is 0.778 bits per heavy atom. The Kier molecular flexibility index (Phi) is 12.4. The fourth-order valence-electron chi connectivity index (χ4n) is 2.64. The third-order valence-electron chi connectivity index (χ3n) is 3.79. The number of nitrogens with zero attached hydrogens (tertiary/aromatic N) is 3. The van der Waals surface area contributed by atoms with Crippen LogP contribution in [0.25, 0.3) is 10.4 Å². The van der Waals surface area contributed by atoms with E-state index in [1.165, 1.54) is 0 Å². The maximum Gasteiger partial charge on any atom is 0.329 e. The lowest BCUT2D eigenvalue weighted by Gasteiger charge is -2.27. The van der Waals surface area contributed by atoms with Gasteiger partial charge in [-0.2, -0.15) is 0 Å². The van der Waals surface area contributed by atoms with Crippen molar-refractivity contribution < 1.29 is 38.2 Å². The third kappa shape index (κ3) is 16.3. The Morgan fingerprint density at radius 3 is 1.75 bits per heavy atom. The molecule has 0 aromatic rings. The van der Waals surface area contributed by atoms with Crippen LogP contribution in [0.4, 0.5) is 0 Å². The molecule has 0 aromatic heterocycles. The van der Waals surface area contributed by atoms with Crippen molar-refractivity contribution in [2.45, 2.75) is 110 Å². The summed E-state index contributed by atoms with van der Waals surface area (Å²) in [6.07, 6.45) is -0.916. The van der Waals surface area contributed by atoms with Crippen molar-refractivity contribution in [2.75, 3.05) is 6.54 Å². The smallest absolute Gasteiger partial charge is 0.329 e. The van der Waals surface area contributed by atoms with Crippen molar-refractivity contribution in [3.05, 3.63) is 10.4 Å². The molecule has 2 amide bonds. The van der Waals surface area contributed by atoms with Crippen molar-refractivity contribution in [1.29, 1.82) is 0 Å². The largest absolute Gasteiger partial charge is 0.460 e. The summed E-state index contributed by atoms with van der Waals surface area (Å²) >= 11 is 0.